The van der Waals surface area contributed by atoms with E-state index in [4.69, 9.17) is 13.9 Å². The van der Waals surface area contributed by atoms with Crippen LogP contribution >= 0.6 is 0 Å². The zero-order valence-electron chi connectivity index (χ0n) is 17.9. The molecule has 0 aliphatic rings. The highest BCUT2D eigenvalue weighted by Gasteiger charge is 2.51. The standard InChI is InChI=1S/C23H32O5Si/c1-23(2,3)29(19-12-8-6-9-13-19,20-14-10-7-11-15-20)28-18(16-21(24)25)17-22(26-4)27-5/h6-15,18,22H,16-17H2,1-5H3,(H,24,25). The summed E-state index contributed by atoms with van der Waals surface area (Å²) in [4.78, 5) is 11.6. The molecule has 1 unspecified atom stereocenters. The quantitative estimate of drug-likeness (QED) is 0.475. The van der Waals surface area contributed by atoms with E-state index in [-0.39, 0.29) is 11.5 Å². The van der Waals surface area contributed by atoms with E-state index in [2.05, 4.69) is 45.0 Å². The summed E-state index contributed by atoms with van der Waals surface area (Å²) >= 11 is 0. The number of methoxy groups -OCH3 is 2. The first kappa shape index (κ1) is 23.3. The van der Waals surface area contributed by atoms with Crippen molar-refractivity contribution in [2.75, 3.05) is 14.2 Å². The first-order valence-corrected chi connectivity index (χ1v) is 11.7. The van der Waals surface area contributed by atoms with E-state index in [1.807, 2.05) is 36.4 Å². The summed E-state index contributed by atoms with van der Waals surface area (Å²) in [6, 6.07) is 20.4. The van der Waals surface area contributed by atoms with E-state index in [1.165, 1.54) is 0 Å². The third-order valence-electron chi connectivity index (χ3n) is 5.14. The van der Waals surface area contributed by atoms with Crippen LogP contribution < -0.4 is 10.4 Å². The first-order valence-electron chi connectivity index (χ1n) is 9.81. The minimum atomic E-state index is -2.85. The molecule has 0 saturated carbocycles. The monoisotopic (exact) mass is 416 g/mol. The van der Waals surface area contributed by atoms with Crippen LogP contribution in [0.5, 0.6) is 0 Å². The second-order valence-corrected chi connectivity index (χ2v) is 12.4. The van der Waals surface area contributed by atoms with Crippen molar-refractivity contribution in [3.05, 3.63) is 60.7 Å². The number of carboxylic acids is 1. The predicted octanol–water partition coefficient (Wildman–Crippen LogP) is 3.42. The van der Waals surface area contributed by atoms with Crippen molar-refractivity contribution in [1.82, 2.24) is 0 Å². The molecular weight excluding hydrogens is 384 g/mol. The molecule has 0 heterocycles. The van der Waals surface area contributed by atoms with Crippen LogP contribution in [0.1, 0.15) is 33.6 Å². The summed E-state index contributed by atoms with van der Waals surface area (Å²) in [5.41, 5.74) is 0. The van der Waals surface area contributed by atoms with E-state index in [0.717, 1.165) is 10.4 Å². The lowest BCUT2D eigenvalue weighted by Crippen LogP contribution is -2.68. The highest BCUT2D eigenvalue weighted by atomic mass is 28.4. The van der Waals surface area contributed by atoms with Gasteiger partial charge < -0.3 is 19.0 Å². The van der Waals surface area contributed by atoms with Crippen LogP contribution in [0.4, 0.5) is 0 Å². The van der Waals surface area contributed by atoms with E-state index in [9.17, 15) is 9.90 Å². The Bertz CT molecular complexity index is 714. The molecule has 0 spiro atoms. The molecule has 158 valence electrons. The summed E-state index contributed by atoms with van der Waals surface area (Å²) in [5.74, 6) is -0.904. The molecule has 0 radical (unpaired) electrons. The SMILES string of the molecule is COC(CC(CC(=O)O)O[Si](c1ccccc1)(c1ccccc1)C(C)(C)C)OC. The normalized spacial score (nSPS) is 13.4. The Morgan fingerprint density at radius 3 is 1.72 bits per heavy atom. The van der Waals surface area contributed by atoms with E-state index < -0.39 is 26.7 Å². The van der Waals surface area contributed by atoms with Gasteiger partial charge in [0.2, 0.25) is 0 Å². The van der Waals surface area contributed by atoms with Gasteiger partial charge in [-0.3, -0.25) is 4.79 Å². The highest BCUT2D eigenvalue weighted by Crippen LogP contribution is 2.38. The average molecular weight is 417 g/mol. The molecule has 0 saturated heterocycles. The third-order valence-corrected chi connectivity index (χ3v) is 10.2. The van der Waals surface area contributed by atoms with Crippen LogP contribution in [-0.4, -0.2) is 46.0 Å². The van der Waals surface area contributed by atoms with Gasteiger partial charge in [0.25, 0.3) is 8.32 Å². The molecule has 2 rings (SSSR count). The molecule has 0 bridgehead atoms. The second kappa shape index (κ2) is 10.2. The lowest BCUT2D eigenvalue weighted by Gasteiger charge is -2.45. The van der Waals surface area contributed by atoms with Crippen molar-refractivity contribution >= 4 is 24.7 Å². The van der Waals surface area contributed by atoms with Gasteiger partial charge in [0.15, 0.2) is 6.29 Å². The van der Waals surface area contributed by atoms with Gasteiger partial charge in [-0.25, -0.2) is 0 Å². The number of rotatable bonds is 10. The van der Waals surface area contributed by atoms with E-state index >= 15 is 0 Å². The number of aliphatic carboxylic acids is 1. The predicted molar refractivity (Wildman–Crippen MR) is 117 cm³/mol. The number of carbonyl (C=O) groups is 1. The fraction of sp³-hybridized carbons (Fsp3) is 0.435. The maximum absolute atomic E-state index is 11.6. The number of benzene rings is 2. The molecule has 0 amide bonds. The Labute approximate surface area is 174 Å². The van der Waals surface area contributed by atoms with Gasteiger partial charge in [0.05, 0.1) is 12.5 Å². The summed E-state index contributed by atoms with van der Waals surface area (Å²) in [5, 5.41) is 11.5. The summed E-state index contributed by atoms with van der Waals surface area (Å²) < 4.78 is 17.6. The lowest BCUT2D eigenvalue weighted by atomic mass is 10.2. The molecule has 1 N–H and O–H groups in total. The number of hydrogen-bond donors (Lipinski definition) is 1. The zero-order valence-corrected chi connectivity index (χ0v) is 18.9. The van der Waals surface area contributed by atoms with Gasteiger partial charge in [-0.05, 0) is 15.4 Å². The van der Waals surface area contributed by atoms with E-state index in [0.29, 0.717) is 6.42 Å². The molecule has 29 heavy (non-hydrogen) atoms. The van der Waals surface area contributed by atoms with Crippen molar-refractivity contribution in [3.8, 4) is 0 Å². The molecule has 5 nitrogen and oxygen atoms in total. The van der Waals surface area contributed by atoms with Crippen molar-refractivity contribution in [2.24, 2.45) is 0 Å². The Balaban J connectivity index is 2.63. The number of carboxylic acid groups (broad SMARTS) is 1. The lowest BCUT2D eigenvalue weighted by molar-refractivity contribution is -0.143. The molecule has 2 aromatic carbocycles. The van der Waals surface area contributed by atoms with Crippen LogP contribution in [0.2, 0.25) is 5.04 Å². The van der Waals surface area contributed by atoms with Gasteiger partial charge >= 0.3 is 5.97 Å². The average Bonchev–Trinajstić information content (AvgIpc) is 2.69. The van der Waals surface area contributed by atoms with Gasteiger partial charge in [0, 0.05) is 20.6 Å². The van der Waals surface area contributed by atoms with Crippen molar-refractivity contribution in [2.45, 2.75) is 51.0 Å². The first-order chi connectivity index (χ1) is 13.7. The summed E-state index contributed by atoms with van der Waals surface area (Å²) in [7, 11) is 0.255. The molecule has 6 heteroatoms. The zero-order chi connectivity index (χ0) is 21.5. The van der Waals surface area contributed by atoms with Crippen molar-refractivity contribution < 1.29 is 23.8 Å². The smallest absolute Gasteiger partial charge is 0.305 e. The Morgan fingerprint density at radius 2 is 1.38 bits per heavy atom. The molecule has 1 atom stereocenters. The summed E-state index contributed by atoms with van der Waals surface area (Å²) in [6.45, 7) is 6.50. The van der Waals surface area contributed by atoms with Crippen LogP contribution in [0, 0.1) is 0 Å². The van der Waals surface area contributed by atoms with Crippen molar-refractivity contribution in [3.63, 3.8) is 0 Å². The maximum Gasteiger partial charge on any atom is 0.305 e. The molecular formula is C23H32O5Si. The number of hydrogen-bond acceptors (Lipinski definition) is 4. The highest BCUT2D eigenvalue weighted by molar-refractivity contribution is 6.99. The van der Waals surface area contributed by atoms with Crippen LogP contribution in [0.3, 0.4) is 0 Å². The fourth-order valence-corrected chi connectivity index (χ4v) is 8.51. The third kappa shape index (κ3) is 5.54. The van der Waals surface area contributed by atoms with Crippen LogP contribution in [0.15, 0.2) is 60.7 Å². The molecule has 0 fully saturated rings. The van der Waals surface area contributed by atoms with Gasteiger partial charge in [-0.15, -0.1) is 0 Å². The largest absolute Gasteiger partial charge is 0.481 e. The minimum Gasteiger partial charge on any atom is -0.481 e. The van der Waals surface area contributed by atoms with Gasteiger partial charge in [0.1, 0.15) is 0 Å². The molecule has 0 aromatic heterocycles. The Kier molecular flexibility index (Phi) is 8.16. The minimum absolute atomic E-state index is 0.117. The van der Waals surface area contributed by atoms with Crippen LogP contribution in [0.25, 0.3) is 0 Å². The second-order valence-electron chi connectivity index (χ2n) is 8.14. The van der Waals surface area contributed by atoms with Crippen LogP contribution in [-0.2, 0) is 18.7 Å². The van der Waals surface area contributed by atoms with Crippen molar-refractivity contribution in [1.29, 1.82) is 0 Å². The molecule has 2 aromatic rings. The molecule has 0 aliphatic carbocycles. The van der Waals surface area contributed by atoms with Gasteiger partial charge in [-0.1, -0.05) is 81.4 Å². The van der Waals surface area contributed by atoms with E-state index in [1.54, 1.807) is 14.2 Å². The fourth-order valence-electron chi connectivity index (χ4n) is 3.81. The number of ether oxygens (including phenoxy) is 2. The van der Waals surface area contributed by atoms with Gasteiger partial charge in [-0.2, -0.15) is 0 Å². The Hall–Kier alpha value is -1.99. The Morgan fingerprint density at radius 1 is 0.931 bits per heavy atom. The topological polar surface area (TPSA) is 65.0 Å². The maximum atomic E-state index is 11.6. The molecule has 0 aliphatic heterocycles. The summed E-state index contributed by atoms with van der Waals surface area (Å²) in [6.07, 6.45) is -0.862.